The van der Waals surface area contributed by atoms with Crippen LogP contribution >= 0.6 is 11.8 Å². The highest BCUT2D eigenvalue weighted by Gasteiger charge is 2.43. The molecule has 1 heterocycles. The van der Waals surface area contributed by atoms with Crippen molar-refractivity contribution in [1.82, 2.24) is 4.90 Å². The minimum Gasteiger partial charge on any atom is -0.480 e. The number of thioether (sulfide) groups is 1. The molecule has 0 unspecified atom stereocenters. The van der Waals surface area contributed by atoms with E-state index >= 15 is 0 Å². The second-order valence-corrected chi connectivity index (χ2v) is 5.57. The zero-order chi connectivity index (χ0) is 10.9. The smallest absolute Gasteiger partial charge is 0.327 e. The summed E-state index contributed by atoms with van der Waals surface area (Å²) in [5.41, 5.74) is -0.0875. The standard InChI is InChI=1S/C9H15NO3S/c1-9(2,3)8-10(5-11)6(4-14-8)7(12)13/h5-6,8H,4H2,1-3H3,(H,12,13)/t6-,8+/m0/s1. The Morgan fingerprint density at radius 3 is 2.50 bits per heavy atom. The Bertz CT molecular complexity index is 249. The van der Waals surface area contributed by atoms with Gasteiger partial charge in [0.25, 0.3) is 0 Å². The van der Waals surface area contributed by atoms with Gasteiger partial charge in [-0.1, -0.05) is 20.8 Å². The third-order valence-electron chi connectivity index (χ3n) is 2.19. The molecule has 0 aromatic rings. The number of rotatable bonds is 2. The fourth-order valence-electron chi connectivity index (χ4n) is 1.54. The maximum Gasteiger partial charge on any atom is 0.327 e. The second kappa shape index (κ2) is 3.81. The Hall–Kier alpha value is -0.710. The summed E-state index contributed by atoms with van der Waals surface area (Å²) >= 11 is 1.53. The molecule has 0 aromatic carbocycles. The van der Waals surface area contributed by atoms with Crippen LogP contribution in [0.3, 0.4) is 0 Å². The Morgan fingerprint density at radius 2 is 2.14 bits per heavy atom. The molecular formula is C9H15NO3S. The van der Waals surface area contributed by atoms with E-state index in [1.165, 1.54) is 16.7 Å². The SMILES string of the molecule is CC(C)(C)[C@H]1SC[C@@H](C(=O)O)N1C=O. The number of carboxylic acid groups (broad SMARTS) is 1. The third-order valence-corrected chi connectivity index (χ3v) is 3.96. The van der Waals surface area contributed by atoms with Crippen molar-refractivity contribution >= 4 is 24.1 Å². The van der Waals surface area contributed by atoms with Crippen LogP contribution in [0.4, 0.5) is 0 Å². The van der Waals surface area contributed by atoms with Gasteiger partial charge in [-0.25, -0.2) is 4.79 Å². The first-order valence-corrected chi connectivity index (χ1v) is 5.50. The van der Waals surface area contributed by atoms with E-state index in [0.717, 1.165) is 0 Å². The first kappa shape index (κ1) is 11.4. The molecule has 14 heavy (non-hydrogen) atoms. The van der Waals surface area contributed by atoms with Gasteiger partial charge >= 0.3 is 5.97 Å². The topological polar surface area (TPSA) is 57.6 Å². The Morgan fingerprint density at radius 1 is 1.57 bits per heavy atom. The van der Waals surface area contributed by atoms with Crippen molar-refractivity contribution < 1.29 is 14.7 Å². The molecule has 1 fully saturated rings. The monoisotopic (exact) mass is 217 g/mol. The number of amides is 1. The van der Waals surface area contributed by atoms with Gasteiger partial charge in [0.2, 0.25) is 6.41 Å². The van der Waals surface area contributed by atoms with Crippen LogP contribution in [0, 0.1) is 5.41 Å². The lowest BCUT2D eigenvalue weighted by Gasteiger charge is -2.32. The summed E-state index contributed by atoms with van der Waals surface area (Å²) in [4.78, 5) is 23.1. The molecule has 2 atom stereocenters. The van der Waals surface area contributed by atoms with Gasteiger partial charge in [0.15, 0.2) is 0 Å². The van der Waals surface area contributed by atoms with E-state index in [-0.39, 0.29) is 10.8 Å². The maximum absolute atomic E-state index is 10.8. The molecule has 0 aliphatic carbocycles. The molecule has 1 rings (SSSR count). The first-order valence-electron chi connectivity index (χ1n) is 4.45. The average molecular weight is 217 g/mol. The average Bonchev–Trinajstić information content (AvgIpc) is 2.45. The highest BCUT2D eigenvalue weighted by atomic mass is 32.2. The van der Waals surface area contributed by atoms with Gasteiger partial charge in [0.1, 0.15) is 6.04 Å². The molecule has 1 amide bonds. The maximum atomic E-state index is 10.8. The summed E-state index contributed by atoms with van der Waals surface area (Å²) in [5.74, 6) is -0.438. The number of hydrogen-bond donors (Lipinski definition) is 1. The number of hydrogen-bond acceptors (Lipinski definition) is 3. The molecule has 0 saturated carbocycles. The molecule has 1 saturated heterocycles. The number of carbonyl (C=O) groups is 2. The van der Waals surface area contributed by atoms with Gasteiger partial charge in [-0.2, -0.15) is 0 Å². The molecular weight excluding hydrogens is 202 g/mol. The van der Waals surface area contributed by atoms with Gasteiger partial charge in [-0.15, -0.1) is 11.8 Å². The Labute approximate surface area is 87.7 Å². The lowest BCUT2D eigenvalue weighted by atomic mass is 9.95. The fraction of sp³-hybridized carbons (Fsp3) is 0.778. The van der Waals surface area contributed by atoms with E-state index in [2.05, 4.69) is 0 Å². The van der Waals surface area contributed by atoms with Gasteiger partial charge in [0, 0.05) is 5.75 Å². The summed E-state index contributed by atoms with van der Waals surface area (Å²) in [6.07, 6.45) is 0.648. The summed E-state index contributed by atoms with van der Waals surface area (Å²) in [6, 6.07) is -0.665. The molecule has 0 bridgehead atoms. The van der Waals surface area contributed by atoms with Crippen LogP contribution in [0.25, 0.3) is 0 Å². The molecule has 1 aliphatic rings. The van der Waals surface area contributed by atoms with Crippen LogP contribution in [0.15, 0.2) is 0 Å². The lowest BCUT2D eigenvalue weighted by Crippen LogP contribution is -2.45. The molecule has 0 radical (unpaired) electrons. The van der Waals surface area contributed by atoms with Crippen molar-refractivity contribution in [1.29, 1.82) is 0 Å². The summed E-state index contributed by atoms with van der Waals surface area (Å²) in [7, 11) is 0. The zero-order valence-electron chi connectivity index (χ0n) is 8.56. The van der Waals surface area contributed by atoms with Crippen molar-refractivity contribution in [3.8, 4) is 0 Å². The van der Waals surface area contributed by atoms with Crippen molar-refractivity contribution in [2.45, 2.75) is 32.2 Å². The number of aliphatic carboxylic acids is 1. The largest absolute Gasteiger partial charge is 0.480 e. The minimum absolute atomic E-state index is 0.0406. The Balaban J connectivity index is 2.84. The summed E-state index contributed by atoms with van der Waals surface area (Å²) in [6.45, 7) is 6.02. The molecule has 1 N–H and O–H groups in total. The lowest BCUT2D eigenvalue weighted by molar-refractivity contribution is -0.145. The normalized spacial score (nSPS) is 27.8. The molecule has 5 heteroatoms. The number of carbonyl (C=O) groups excluding carboxylic acids is 1. The van der Waals surface area contributed by atoms with Crippen molar-refractivity contribution in [2.24, 2.45) is 5.41 Å². The predicted molar refractivity (Wildman–Crippen MR) is 55.0 cm³/mol. The molecule has 1 aliphatic heterocycles. The minimum atomic E-state index is -0.920. The summed E-state index contributed by atoms with van der Waals surface area (Å²) < 4.78 is 0. The van der Waals surface area contributed by atoms with Gasteiger partial charge in [0.05, 0.1) is 5.37 Å². The van der Waals surface area contributed by atoms with E-state index in [9.17, 15) is 9.59 Å². The third kappa shape index (κ3) is 2.03. The summed E-state index contributed by atoms with van der Waals surface area (Å²) in [5, 5.41) is 8.84. The van der Waals surface area contributed by atoms with E-state index in [4.69, 9.17) is 5.11 Å². The second-order valence-electron chi connectivity index (χ2n) is 4.46. The van der Waals surface area contributed by atoms with Crippen LogP contribution in [0.1, 0.15) is 20.8 Å². The van der Waals surface area contributed by atoms with E-state index in [1.807, 2.05) is 20.8 Å². The fourth-order valence-corrected chi connectivity index (χ4v) is 3.09. The van der Waals surface area contributed by atoms with Crippen molar-refractivity contribution in [3.05, 3.63) is 0 Å². The number of carboxylic acids is 1. The molecule has 80 valence electrons. The van der Waals surface area contributed by atoms with E-state index < -0.39 is 12.0 Å². The van der Waals surface area contributed by atoms with E-state index in [1.54, 1.807) is 0 Å². The zero-order valence-corrected chi connectivity index (χ0v) is 9.37. The van der Waals surface area contributed by atoms with Crippen molar-refractivity contribution in [2.75, 3.05) is 5.75 Å². The van der Waals surface area contributed by atoms with Gasteiger partial charge < -0.3 is 10.0 Å². The quantitative estimate of drug-likeness (QED) is 0.701. The first-order chi connectivity index (χ1) is 6.38. The molecule has 4 nitrogen and oxygen atoms in total. The van der Waals surface area contributed by atoms with Gasteiger partial charge in [-0.05, 0) is 5.41 Å². The van der Waals surface area contributed by atoms with Crippen LogP contribution in [-0.4, -0.2) is 39.6 Å². The highest BCUT2D eigenvalue weighted by molar-refractivity contribution is 8.00. The van der Waals surface area contributed by atoms with Crippen molar-refractivity contribution in [3.63, 3.8) is 0 Å². The van der Waals surface area contributed by atoms with E-state index in [0.29, 0.717) is 12.2 Å². The Kier molecular flexibility index (Phi) is 3.09. The highest BCUT2D eigenvalue weighted by Crippen LogP contribution is 2.39. The van der Waals surface area contributed by atoms with Crippen LogP contribution in [-0.2, 0) is 9.59 Å². The van der Waals surface area contributed by atoms with Crippen LogP contribution in [0.2, 0.25) is 0 Å². The number of nitrogens with zero attached hydrogens (tertiary/aromatic N) is 1. The predicted octanol–water partition coefficient (Wildman–Crippen LogP) is 1.02. The van der Waals surface area contributed by atoms with Crippen LogP contribution < -0.4 is 0 Å². The molecule has 0 spiro atoms. The van der Waals surface area contributed by atoms with Gasteiger partial charge in [-0.3, -0.25) is 4.79 Å². The van der Waals surface area contributed by atoms with Crippen LogP contribution in [0.5, 0.6) is 0 Å². The molecule has 0 aromatic heterocycles.